The number of ether oxygens (including phenoxy) is 1. The maximum Gasteiger partial charge on any atom is 0.315 e. The van der Waals surface area contributed by atoms with E-state index in [-0.39, 0.29) is 17.6 Å². The molecule has 1 aromatic carbocycles. The molecule has 1 aromatic rings. The number of amides is 1. The van der Waals surface area contributed by atoms with Gasteiger partial charge in [0.25, 0.3) is 5.91 Å². The molecule has 0 bridgehead atoms. The highest BCUT2D eigenvalue weighted by molar-refractivity contribution is 8.00. The second kappa shape index (κ2) is 8.58. The van der Waals surface area contributed by atoms with Crippen molar-refractivity contribution in [3.63, 3.8) is 0 Å². The Hall–Kier alpha value is -1.49. The van der Waals surface area contributed by atoms with Gasteiger partial charge in [-0.25, -0.2) is 0 Å². The molecule has 104 valence electrons. The van der Waals surface area contributed by atoms with E-state index in [4.69, 9.17) is 0 Å². The minimum atomic E-state index is -0.300. The molecule has 1 rings (SSSR count). The van der Waals surface area contributed by atoms with E-state index in [9.17, 15) is 9.59 Å². The quantitative estimate of drug-likeness (QED) is 0.474. The summed E-state index contributed by atoms with van der Waals surface area (Å²) in [5.41, 5.74) is 0.604. The van der Waals surface area contributed by atoms with Crippen LogP contribution < -0.4 is 5.32 Å². The van der Waals surface area contributed by atoms with Gasteiger partial charge in [0.15, 0.2) is 0 Å². The molecule has 0 atom stereocenters. The molecule has 0 saturated heterocycles. The number of unbranched alkanes of at least 4 members (excludes halogenated alkanes) is 1. The lowest BCUT2D eigenvalue weighted by Gasteiger charge is -2.09. The van der Waals surface area contributed by atoms with E-state index in [1.54, 1.807) is 6.07 Å². The van der Waals surface area contributed by atoms with Crippen LogP contribution in [0.2, 0.25) is 0 Å². The molecule has 1 N–H and O–H groups in total. The number of rotatable bonds is 7. The van der Waals surface area contributed by atoms with Gasteiger partial charge in [-0.3, -0.25) is 9.59 Å². The van der Waals surface area contributed by atoms with E-state index >= 15 is 0 Å². The fourth-order valence-electron chi connectivity index (χ4n) is 1.45. The van der Waals surface area contributed by atoms with Crippen LogP contribution in [-0.2, 0) is 9.53 Å². The average molecular weight is 281 g/mol. The molecule has 0 aliphatic carbocycles. The van der Waals surface area contributed by atoms with Gasteiger partial charge in [-0.05, 0) is 18.6 Å². The number of hydrogen-bond donors (Lipinski definition) is 1. The zero-order chi connectivity index (χ0) is 14.1. The highest BCUT2D eigenvalue weighted by atomic mass is 32.2. The van der Waals surface area contributed by atoms with Crippen molar-refractivity contribution in [1.29, 1.82) is 0 Å². The Bertz CT molecular complexity index is 434. The lowest BCUT2D eigenvalue weighted by Crippen LogP contribution is -2.24. The lowest BCUT2D eigenvalue weighted by molar-refractivity contribution is -0.137. The minimum Gasteiger partial charge on any atom is -0.468 e. The van der Waals surface area contributed by atoms with Gasteiger partial charge < -0.3 is 10.1 Å². The summed E-state index contributed by atoms with van der Waals surface area (Å²) in [5.74, 6) is -0.192. The van der Waals surface area contributed by atoms with Crippen LogP contribution in [0.3, 0.4) is 0 Å². The van der Waals surface area contributed by atoms with Gasteiger partial charge in [-0.1, -0.05) is 25.5 Å². The molecule has 0 aromatic heterocycles. The lowest BCUT2D eigenvalue weighted by atomic mass is 10.2. The predicted octanol–water partition coefficient (Wildman–Crippen LogP) is 2.48. The molecule has 0 heterocycles. The van der Waals surface area contributed by atoms with Crippen molar-refractivity contribution in [2.24, 2.45) is 0 Å². The summed E-state index contributed by atoms with van der Waals surface area (Å²) in [6.45, 7) is 2.75. The van der Waals surface area contributed by atoms with Gasteiger partial charge in [0.2, 0.25) is 0 Å². The number of nitrogens with one attached hydrogen (secondary N) is 1. The van der Waals surface area contributed by atoms with Gasteiger partial charge in [0, 0.05) is 11.4 Å². The molecule has 4 nitrogen and oxygen atoms in total. The van der Waals surface area contributed by atoms with E-state index in [2.05, 4.69) is 17.0 Å². The number of carbonyl (C=O) groups is 2. The molecule has 0 aliphatic rings. The van der Waals surface area contributed by atoms with Crippen molar-refractivity contribution < 1.29 is 14.3 Å². The SMILES string of the molecule is CCCCNC(=O)c1ccccc1SCC(=O)OC. The number of benzene rings is 1. The van der Waals surface area contributed by atoms with Gasteiger partial charge >= 0.3 is 5.97 Å². The zero-order valence-corrected chi connectivity index (χ0v) is 12.1. The molecular formula is C14H19NO3S. The van der Waals surface area contributed by atoms with Crippen molar-refractivity contribution in [2.75, 3.05) is 19.4 Å². The van der Waals surface area contributed by atoms with Crippen LogP contribution in [0.25, 0.3) is 0 Å². The molecule has 0 spiro atoms. The largest absolute Gasteiger partial charge is 0.468 e. The van der Waals surface area contributed by atoms with Crippen molar-refractivity contribution >= 4 is 23.6 Å². The number of esters is 1. The summed E-state index contributed by atoms with van der Waals surface area (Å²) in [6.07, 6.45) is 2.00. The average Bonchev–Trinajstić information content (AvgIpc) is 2.45. The summed E-state index contributed by atoms with van der Waals surface area (Å²) >= 11 is 1.31. The molecule has 0 radical (unpaired) electrons. The second-order valence-electron chi connectivity index (χ2n) is 3.97. The Kier molecular flexibility index (Phi) is 7.03. The van der Waals surface area contributed by atoms with E-state index in [0.29, 0.717) is 12.1 Å². The van der Waals surface area contributed by atoms with Gasteiger partial charge in [0.1, 0.15) is 0 Å². The first-order valence-corrected chi connectivity index (χ1v) is 7.24. The molecule has 5 heteroatoms. The highest BCUT2D eigenvalue weighted by Gasteiger charge is 2.12. The Balaban J connectivity index is 2.66. The van der Waals surface area contributed by atoms with Crippen LogP contribution >= 0.6 is 11.8 Å². The number of thioether (sulfide) groups is 1. The Morgan fingerprint density at radius 1 is 1.32 bits per heavy atom. The second-order valence-corrected chi connectivity index (χ2v) is 4.99. The van der Waals surface area contributed by atoms with Crippen LogP contribution in [0.5, 0.6) is 0 Å². The smallest absolute Gasteiger partial charge is 0.315 e. The first-order valence-electron chi connectivity index (χ1n) is 6.25. The van der Waals surface area contributed by atoms with Crippen LogP contribution in [0, 0.1) is 0 Å². The first-order chi connectivity index (χ1) is 9.19. The van der Waals surface area contributed by atoms with Crippen molar-refractivity contribution in [2.45, 2.75) is 24.7 Å². The minimum absolute atomic E-state index is 0.0959. The van der Waals surface area contributed by atoms with E-state index in [1.165, 1.54) is 18.9 Å². The molecule has 1 amide bonds. The Labute approximate surface area is 117 Å². The Morgan fingerprint density at radius 2 is 2.05 bits per heavy atom. The third kappa shape index (κ3) is 5.34. The Morgan fingerprint density at radius 3 is 2.74 bits per heavy atom. The predicted molar refractivity (Wildman–Crippen MR) is 76.4 cm³/mol. The third-order valence-electron chi connectivity index (χ3n) is 2.52. The fraction of sp³-hybridized carbons (Fsp3) is 0.429. The van der Waals surface area contributed by atoms with E-state index in [1.807, 2.05) is 18.2 Å². The number of methoxy groups -OCH3 is 1. The molecule has 0 saturated carbocycles. The summed E-state index contributed by atoms with van der Waals surface area (Å²) in [7, 11) is 1.35. The summed E-state index contributed by atoms with van der Waals surface area (Å²) < 4.78 is 4.59. The summed E-state index contributed by atoms with van der Waals surface area (Å²) in [4.78, 5) is 23.9. The van der Waals surface area contributed by atoms with Gasteiger partial charge in [-0.15, -0.1) is 11.8 Å². The van der Waals surface area contributed by atoms with Gasteiger partial charge in [0.05, 0.1) is 18.4 Å². The van der Waals surface area contributed by atoms with Crippen molar-refractivity contribution in [3.8, 4) is 0 Å². The normalized spacial score (nSPS) is 10.0. The monoisotopic (exact) mass is 281 g/mol. The van der Waals surface area contributed by atoms with Gasteiger partial charge in [-0.2, -0.15) is 0 Å². The number of carbonyl (C=O) groups excluding carboxylic acids is 2. The summed E-state index contributed by atoms with van der Waals surface area (Å²) in [5, 5.41) is 2.87. The van der Waals surface area contributed by atoms with Crippen LogP contribution in [-0.4, -0.2) is 31.3 Å². The van der Waals surface area contributed by atoms with Crippen LogP contribution in [0.15, 0.2) is 29.2 Å². The third-order valence-corrected chi connectivity index (χ3v) is 3.57. The van der Waals surface area contributed by atoms with Crippen molar-refractivity contribution in [1.82, 2.24) is 5.32 Å². The standard InChI is InChI=1S/C14H19NO3S/c1-3-4-9-15-14(17)11-7-5-6-8-12(11)19-10-13(16)18-2/h5-8H,3-4,9-10H2,1-2H3,(H,15,17). The molecule has 19 heavy (non-hydrogen) atoms. The van der Waals surface area contributed by atoms with Crippen LogP contribution in [0.1, 0.15) is 30.1 Å². The fourth-order valence-corrected chi connectivity index (χ4v) is 2.33. The maximum absolute atomic E-state index is 12.0. The highest BCUT2D eigenvalue weighted by Crippen LogP contribution is 2.22. The number of hydrogen-bond acceptors (Lipinski definition) is 4. The summed E-state index contributed by atoms with van der Waals surface area (Å²) in [6, 6.07) is 7.27. The van der Waals surface area contributed by atoms with Crippen molar-refractivity contribution in [3.05, 3.63) is 29.8 Å². The zero-order valence-electron chi connectivity index (χ0n) is 11.3. The van der Waals surface area contributed by atoms with E-state index < -0.39 is 0 Å². The van der Waals surface area contributed by atoms with Crippen LogP contribution in [0.4, 0.5) is 0 Å². The molecular weight excluding hydrogens is 262 g/mol. The molecule has 0 fully saturated rings. The maximum atomic E-state index is 12.0. The first kappa shape index (κ1) is 15.6. The topological polar surface area (TPSA) is 55.4 Å². The molecule has 0 aliphatic heterocycles. The molecule has 0 unspecified atom stereocenters. The van der Waals surface area contributed by atoms with E-state index in [0.717, 1.165) is 17.7 Å².